The monoisotopic (exact) mass is 315 g/mol. The molecule has 0 saturated carbocycles. The SMILES string of the molecule is CCCCc1nc2c(c(C)c(C)n3nnnc23)n1CC(C)(C)N. The average Bonchev–Trinajstić information content (AvgIpc) is 3.06. The van der Waals surface area contributed by atoms with Crippen LogP contribution in [0.15, 0.2) is 0 Å². The molecule has 0 saturated heterocycles. The van der Waals surface area contributed by atoms with Crippen molar-refractivity contribution in [1.82, 2.24) is 29.6 Å². The Morgan fingerprint density at radius 3 is 2.61 bits per heavy atom. The van der Waals surface area contributed by atoms with Gasteiger partial charge >= 0.3 is 0 Å². The number of unbranched alkanes of at least 4 members (excludes halogenated alkanes) is 1. The molecule has 0 bridgehead atoms. The van der Waals surface area contributed by atoms with Crippen LogP contribution in [0.1, 0.15) is 50.7 Å². The third kappa shape index (κ3) is 2.69. The summed E-state index contributed by atoms with van der Waals surface area (Å²) < 4.78 is 4.04. The molecule has 3 heterocycles. The van der Waals surface area contributed by atoms with Crippen LogP contribution in [0.25, 0.3) is 16.7 Å². The van der Waals surface area contributed by atoms with E-state index in [0.29, 0.717) is 0 Å². The lowest BCUT2D eigenvalue weighted by Gasteiger charge is -2.22. The lowest BCUT2D eigenvalue weighted by atomic mass is 10.1. The summed E-state index contributed by atoms with van der Waals surface area (Å²) in [4.78, 5) is 4.88. The molecule has 2 N–H and O–H groups in total. The van der Waals surface area contributed by atoms with Gasteiger partial charge in [-0.1, -0.05) is 13.3 Å². The fourth-order valence-corrected chi connectivity index (χ4v) is 3.03. The first-order valence-corrected chi connectivity index (χ1v) is 8.18. The minimum Gasteiger partial charge on any atom is -0.326 e. The molecule has 7 heteroatoms. The number of rotatable bonds is 5. The van der Waals surface area contributed by atoms with Crippen LogP contribution in [0, 0.1) is 13.8 Å². The molecule has 0 spiro atoms. The molecular formula is C16H25N7. The molecule has 0 amide bonds. The Hall–Kier alpha value is -2.02. The summed E-state index contributed by atoms with van der Waals surface area (Å²) >= 11 is 0. The molecule has 0 atom stereocenters. The fraction of sp³-hybridized carbons (Fsp3) is 0.625. The Balaban J connectivity index is 2.33. The van der Waals surface area contributed by atoms with Crippen molar-refractivity contribution >= 4 is 16.7 Å². The van der Waals surface area contributed by atoms with E-state index in [0.717, 1.165) is 59.6 Å². The molecule has 3 aromatic heterocycles. The van der Waals surface area contributed by atoms with Crippen LogP contribution in [0.3, 0.4) is 0 Å². The smallest absolute Gasteiger partial charge is 0.207 e. The van der Waals surface area contributed by atoms with Gasteiger partial charge in [-0.15, -0.1) is 5.10 Å². The van der Waals surface area contributed by atoms with Gasteiger partial charge in [-0.25, -0.2) is 4.98 Å². The number of aryl methyl sites for hydroxylation is 3. The number of fused-ring (bicyclic) bond motifs is 3. The van der Waals surface area contributed by atoms with Gasteiger partial charge in [0, 0.05) is 24.2 Å². The molecule has 124 valence electrons. The first-order chi connectivity index (χ1) is 10.8. The minimum atomic E-state index is -0.313. The number of hydrogen-bond donors (Lipinski definition) is 1. The Morgan fingerprint density at radius 1 is 1.22 bits per heavy atom. The highest BCUT2D eigenvalue weighted by molar-refractivity contribution is 5.91. The minimum absolute atomic E-state index is 0.313. The highest BCUT2D eigenvalue weighted by Gasteiger charge is 2.23. The van der Waals surface area contributed by atoms with Crippen molar-refractivity contribution in [2.75, 3.05) is 0 Å². The molecular weight excluding hydrogens is 290 g/mol. The van der Waals surface area contributed by atoms with E-state index in [1.54, 1.807) is 4.52 Å². The van der Waals surface area contributed by atoms with E-state index in [2.05, 4.69) is 33.9 Å². The lowest BCUT2D eigenvalue weighted by Crippen LogP contribution is -2.37. The number of aromatic nitrogens is 6. The molecule has 0 aromatic carbocycles. The van der Waals surface area contributed by atoms with Gasteiger partial charge in [0.25, 0.3) is 0 Å². The zero-order valence-electron chi connectivity index (χ0n) is 14.6. The molecule has 0 unspecified atom stereocenters. The molecule has 3 aromatic rings. The van der Waals surface area contributed by atoms with Gasteiger partial charge in [0.1, 0.15) is 11.3 Å². The maximum atomic E-state index is 6.30. The van der Waals surface area contributed by atoms with E-state index in [1.165, 1.54) is 0 Å². The molecule has 0 aliphatic heterocycles. The second-order valence-electron chi connectivity index (χ2n) is 7.03. The van der Waals surface area contributed by atoms with E-state index in [9.17, 15) is 0 Å². The summed E-state index contributed by atoms with van der Waals surface area (Å²) in [6, 6.07) is 0. The lowest BCUT2D eigenvalue weighted by molar-refractivity contribution is 0.430. The first kappa shape index (κ1) is 15.9. The van der Waals surface area contributed by atoms with E-state index in [4.69, 9.17) is 10.7 Å². The first-order valence-electron chi connectivity index (χ1n) is 8.18. The number of imidazole rings is 1. The average molecular weight is 315 g/mol. The highest BCUT2D eigenvalue weighted by atomic mass is 15.5. The van der Waals surface area contributed by atoms with Crippen LogP contribution in [0.4, 0.5) is 0 Å². The molecule has 0 fully saturated rings. The van der Waals surface area contributed by atoms with Crippen LogP contribution < -0.4 is 5.73 Å². The van der Waals surface area contributed by atoms with Gasteiger partial charge in [-0.3, -0.25) is 0 Å². The third-order valence-electron chi connectivity index (χ3n) is 4.26. The summed E-state index contributed by atoms with van der Waals surface area (Å²) in [5.41, 5.74) is 10.9. The van der Waals surface area contributed by atoms with E-state index in [-0.39, 0.29) is 5.54 Å². The normalized spacial score (nSPS) is 12.6. The largest absolute Gasteiger partial charge is 0.326 e. The molecule has 0 aliphatic rings. The Labute approximate surface area is 135 Å². The predicted octanol–water partition coefficient (Wildman–Crippen LogP) is 2.17. The van der Waals surface area contributed by atoms with Crippen LogP contribution in [-0.2, 0) is 13.0 Å². The Kier molecular flexibility index (Phi) is 3.83. The maximum Gasteiger partial charge on any atom is 0.207 e. The second kappa shape index (κ2) is 5.56. The Morgan fingerprint density at radius 2 is 1.96 bits per heavy atom. The number of nitrogens with zero attached hydrogens (tertiary/aromatic N) is 6. The van der Waals surface area contributed by atoms with Crippen LogP contribution in [-0.4, -0.2) is 35.1 Å². The van der Waals surface area contributed by atoms with Gasteiger partial charge in [0.15, 0.2) is 0 Å². The van der Waals surface area contributed by atoms with Crippen LogP contribution in [0.5, 0.6) is 0 Å². The number of pyridine rings is 1. The number of hydrogen-bond acceptors (Lipinski definition) is 5. The van der Waals surface area contributed by atoms with E-state index in [1.807, 2.05) is 20.8 Å². The molecule has 7 nitrogen and oxygen atoms in total. The van der Waals surface area contributed by atoms with Gasteiger partial charge < -0.3 is 10.3 Å². The van der Waals surface area contributed by atoms with Crippen molar-refractivity contribution in [2.24, 2.45) is 5.73 Å². The number of nitrogens with two attached hydrogens (primary N) is 1. The summed E-state index contributed by atoms with van der Waals surface area (Å²) in [6.45, 7) is 11.1. The van der Waals surface area contributed by atoms with Crippen molar-refractivity contribution in [1.29, 1.82) is 0 Å². The van der Waals surface area contributed by atoms with Gasteiger partial charge in [-0.2, -0.15) is 4.52 Å². The number of tetrazole rings is 1. The third-order valence-corrected chi connectivity index (χ3v) is 4.26. The van der Waals surface area contributed by atoms with Crippen LogP contribution in [0.2, 0.25) is 0 Å². The highest BCUT2D eigenvalue weighted by Crippen LogP contribution is 2.27. The van der Waals surface area contributed by atoms with E-state index >= 15 is 0 Å². The molecule has 23 heavy (non-hydrogen) atoms. The predicted molar refractivity (Wildman–Crippen MR) is 90.4 cm³/mol. The fourth-order valence-electron chi connectivity index (χ4n) is 3.03. The zero-order valence-corrected chi connectivity index (χ0v) is 14.6. The summed E-state index contributed by atoms with van der Waals surface area (Å²) in [5, 5.41) is 12.1. The standard InChI is InChI=1S/C16H25N7/c1-6-7-8-12-18-13-14(22(12)9-16(4,5)17)10(2)11(3)23-15(13)19-20-21-23/h6-9,17H2,1-5H3. The molecule has 3 rings (SSSR count). The maximum absolute atomic E-state index is 6.30. The van der Waals surface area contributed by atoms with Gasteiger partial charge in [0.2, 0.25) is 5.65 Å². The van der Waals surface area contributed by atoms with Crippen molar-refractivity contribution in [3.05, 3.63) is 17.1 Å². The molecule has 0 aliphatic carbocycles. The van der Waals surface area contributed by atoms with Crippen molar-refractivity contribution in [3.63, 3.8) is 0 Å². The second-order valence-corrected chi connectivity index (χ2v) is 7.03. The van der Waals surface area contributed by atoms with Gasteiger partial charge in [0.05, 0.1) is 5.52 Å². The van der Waals surface area contributed by atoms with Gasteiger partial charge in [-0.05, 0) is 50.1 Å². The topological polar surface area (TPSA) is 86.9 Å². The van der Waals surface area contributed by atoms with Crippen molar-refractivity contribution in [2.45, 2.75) is 66.0 Å². The summed E-state index contributed by atoms with van der Waals surface area (Å²) in [6.07, 6.45) is 3.18. The summed E-state index contributed by atoms with van der Waals surface area (Å²) in [5.74, 6) is 1.07. The van der Waals surface area contributed by atoms with Crippen molar-refractivity contribution in [3.8, 4) is 0 Å². The van der Waals surface area contributed by atoms with E-state index < -0.39 is 0 Å². The van der Waals surface area contributed by atoms with Crippen LogP contribution >= 0.6 is 0 Å². The van der Waals surface area contributed by atoms with Crippen molar-refractivity contribution < 1.29 is 0 Å². The quantitative estimate of drug-likeness (QED) is 0.779. The zero-order chi connectivity index (χ0) is 16.8. The summed E-state index contributed by atoms with van der Waals surface area (Å²) in [7, 11) is 0. The molecule has 0 radical (unpaired) electrons. The Bertz CT molecular complexity index is 851.